The van der Waals surface area contributed by atoms with Crippen LogP contribution in [0.1, 0.15) is 29.2 Å². The predicted octanol–water partition coefficient (Wildman–Crippen LogP) is 5.93. The molecule has 0 radical (unpaired) electrons. The number of fused-ring (bicyclic) bond motifs is 1. The Bertz CT molecular complexity index is 843. The average Bonchev–Trinajstić information content (AvgIpc) is 3.13. The van der Waals surface area contributed by atoms with Gasteiger partial charge in [-0.05, 0) is 63.0 Å². The summed E-state index contributed by atoms with van der Waals surface area (Å²) in [4.78, 5) is 0. The van der Waals surface area contributed by atoms with Gasteiger partial charge in [0, 0.05) is 11.5 Å². The average molecular weight is 476 g/mol. The SMILES string of the molecule is OC(c1ccc(F)c(Br)c1)C1(c2cc(Cl)c3c(c2)CCO3)CCSCS1. The lowest BCUT2D eigenvalue weighted by atomic mass is 9.85. The highest BCUT2D eigenvalue weighted by molar-refractivity contribution is 9.10. The zero-order valence-corrected chi connectivity index (χ0v) is 17.8. The molecule has 2 heterocycles. The summed E-state index contributed by atoms with van der Waals surface area (Å²) in [7, 11) is 0. The Hall–Kier alpha value is -0.400. The number of aliphatic hydroxyl groups is 1. The predicted molar refractivity (Wildman–Crippen MR) is 111 cm³/mol. The van der Waals surface area contributed by atoms with E-state index in [1.807, 2.05) is 17.8 Å². The van der Waals surface area contributed by atoms with Crippen LogP contribution in [-0.4, -0.2) is 22.6 Å². The van der Waals surface area contributed by atoms with Crippen molar-refractivity contribution in [3.05, 3.63) is 62.3 Å². The van der Waals surface area contributed by atoms with Crippen molar-refractivity contribution in [2.45, 2.75) is 23.7 Å². The van der Waals surface area contributed by atoms with Gasteiger partial charge in [-0.1, -0.05) is 23.7 Å². The summed E-state index contributed by atoms with van der Waals surface area (Å²) in [5.41, 5.74) is 2.81. The topological polar surface area (TPSA) is 29.5 Å². The van der Waals surface area contributed by atoms with E-state index in [9.17, 15) is 9.50 Å². The molecule has 0 aliphatic carbocycles. The van der Waals surface area contributed by atoms with Crippen LogP contribution in [0.15, 0.2) is 34.8 Å². The van der Waals surface area contributed by atoms with Crippen LogP contribution in [0, 0.1) is 5.82 Å². The van der Waals surface area contributed by atoms with E-state index >= 15 is 0 Å². The molecule has 1 saturated heterocycles. The third-order valence-corrected chi connectivity index (χ3v) is 8.64. The van der Waals surface area contributed by atoms with Crippen molar-refractivity contribution in [1.29, 1.82) is 0 Å². The number of thioether (sulfide) groups is 2. The van der Waals surface area contributed by atoms with Crippen LogP contribution in [-0.2, 0) is 11.2 Å². The van der Waals surface area contributed by atoms with Crippen molar-refractivity contribution >= 4 is 51.1 Å². The van der Waals surface area contributed by atoms with Gasteiger partial charge in [-0.2, -0.15) is 11.8 Å². The first-order chi connectivity index (χ1) is 12.5. The summed E-state index contributed by atoms with van der Waals surface area (Å²) in [6.45, 7) is 0.641. The van der Waals surface area contributed by atoms with Crippen LogP contribution in [0.3, 0.4) is 0 Å². The molecule has 0 spiro atoms. The lowest BCUT2D eigenvalue weighted by Gasteiger charge is -2.41. The lowest BCUT2D eigenvalue weighted by Crippen LogP contribution is -2.33. The van der Waals surface area contributed by atoms with Gasteiger partial charge < -0.3 is 9.84 Å². The number of aliphatic hydroxyl groups excluding tert-OH is 1. The van der Waals surface area contributed by atoms with E-state index in [-0.39, 0.29) is 5.82 Å². The molecule has 2 aliphatic rings. The van der Waals surface area contributed by atoms with Crippen LogP contribution < -0.4 is 4.74 Å². The van der Waals surface area contributed by atoms with Gasteiger partial charge in [-0.25, -0.2) is 4.39 Å². The molecular weight excluding hydrogens is 459 g/mol. The maximum atomic E-state index is 13.7. The normalized spacial score (nSPS) is 23.4. The van der Waals surface area contributed by atoms with Gasteiger partial charge >= 0.3 is 0 Å². The van der Waals surface area contributed by atoms with Gasteiger partial charge in [0.05, 0.1) is 27.0 Å². The van der Waals surface area contributed by atoms with Crippen molar-refractivity contribution in [3.8, 4) is 5.75 Å². The highest BCUT2D eigenvalue weighted by Crippen LogP contribution is 2.55. The number of benzene rings is 2. The number of halogens is 3. The van der Waals surface area contributed by atoms with E-state index in [4.69, 9.17) is 16.3 Å². The monoisotopic (exact) mass is 474 g/mol. The fraction of sp³-hybridized carbons (Fsp3) is 0.368. The summed E-state index contributed by atoms with van der Waals surface area (Å²) >= 11 is 13.3. The minimum Gasteiger partial charge on any atom is -0.491 e. The Morgan fingerprint density at radius 2 is 2.15 bits per heavy atom. The van der Waals surface area contributed by atoms with Crippen molar-refractivity contribution < 1.29 is 14.2 Å². The molecule has 0 saturated carbocycles. The maximum Gasteiger partial charge on any atom is 0.141 e. The number of rotatable bonds is 3. The fourth-order valence-electron chi connectivity index (χ4n) is 3.56. The smallest absolute Gasteiger partial charge is 0.141 e. The summed E-state index contributed by atoms with van der Waals surface area (Å²) in [5.74, 6) is 1.39. The van der Waals surface area contributed by atoms with Crippen LogP contribution >= 0.6 is 51.1 Å². The standard InChI is InChI=1S/C19H17BrClFO2S2/c20-14-8-12(1-2-16(14)22)18(23)19(4-6-25-10-26-19)13-7-11-3-5-24-17(11)15(21)9-13/h1-2,7-9,18,23H,3-6,10H2. The lowest BCUT2D eigenvalue weighted by molar-refractivity contribution is 0.126. The second kappa shape index (κ2) is 7.55. The van der Waals surface area contributed by atoms with Gasteiger partial charge in [0.15, 0.2) is 0 Å². The summed E-state index contributed by atoms with van der Waals surface area (Å²) < 4.78 is 19.1. The Balaban J connectivity index is 1.81. The molecule has 2 atom stereocenters. The van der Waals surface area contributed by atoms with E-state index < -0.39 is 10.9 Å². The molecule has 2 unspecified atom stereocenters. The number of hydrogen-bond donors (Lipinski definition) is 1. The molecule has 0 aromatic heterocycles. The first-order valence-corrected chi connectivity index (χ1v) is 11.6. The Morgan fingerprint density at radius 1 is 1.31 bits per heavy atom. The van der Waals surface area contributed by atoms with E-state index in [0.29, 0.717) is 21.7 Å². The first-order valence-electron chi connectivity index (χ1n) is 8.32. The van der Waals surface area contributed by atoms with Gasteiger partial charge in [0.1, 0.15) is 11.6 Å². The number of hydrogen-bond acceptors (Lipinski definition) is 4. The molecule has 26 heavy (non-hydrogen) atoms. The van der Waals surface area contributed by atoms with E-state index in [1.54, 1.807) is 23.9 Å². The van der Waals surface area contributed by atoms with Crippen LogP contribution in [0.2, 0.25) is 5.02 Å². The van der Waals surface area contributed by atoms with E-state index in [1.165, 1.54) is 6.07 Å². The van der Waals surface area contributed by atoms with E-state index in [2.05, 4.69) is 22.0 Å². The first kappa shape index (κ1) is 18.9. The Morgan fingerprint density at radius 3 is 2.88 bits per heavy atom. The van der Waals surface area contributed by atoms with Gasteiger partial charge in [0.2, 0.25) is 0 Å². The van der Waals surface area contributed by atoms with Crippen molar-refractivity contribution in [2.75, 3.05) is 17.4 Å². The van der Waals surface area contributed by atoms with Gasteiger partial charge in [-0.15, -0.1) is 11.8 Å². The van der Waals surface area contributed by atoms with Gasteiger partial charge in [0.25, 0.3) is 0 Å². The zero-order valence-electron chi connectivity index (χ0n) is 13.8. The quantitative estimate of drug-likeness (QED) is 0.595. The molecule has 1 fully saturated rings. The Kier molecular flexibility index (Phi) is 5.50. The molecule has 4 rings (SSSR count). The minimum absolute atomic E-state index is 0.334. The molecule has 0 bridgehead atoms. The minimum atomic E-state index is -0.762. The summed E-state index contributed by atoms with van der Waals surface area (Å²) in [5, 5.41) is 12.8. The van der Waals surface area contributed by atoms with E-state index in [0.717, 1.165) is 40.6 Å². The third kappa shape index (κ3) is 3.28. The molecule has 0 amide bonds. The molecule has 2 aromatic carbocycles. The fourth-order valence-corrected chi connectivity index (χ4v) is 7.32. The van der Waals surface area contributed by atoms with Crippen molar-refractivity contribution in [2.24, 2.45) is 0 Å². The highest BCUT2D eigenvalue weighted by Gasteiger charge is 2.43. The van der Waals surface area contributed by atoms with Crippen molar-refractivity contribution in [3.63, 3.8) is 0 Å². The summed E-state index contributed by atoms with van der Waals surface area (Å²) in [6, 6.07) is 8.77. The third-order valence-electron chi connectivity index (χ3n) is 4.95. The maximum absolute atomic E-state index is 13.7. The molecule has 7 heteroatoms. The van der Waals surface area contributed by atoms with Crippen LogP contribution in [0.4, 0.5) is 4.39 Å². The second-order valence-corrected chi connectivity index (χ2v) is 10.5. The molecule has 2 aromatic rings. The molecule has 2 aliphatic heterocycles. The van der Waals surface area contributed by atoms with Crippen LogP contribution in [0.25, 0.3) is 0 Å². The zero-order chi connectivity index (χ0) is 18.3. The molecular formula is C19H17BrClFO2S2. The molecule has 2 nitrogen and oxygen atoms in total. The molecule has 1 N–H and O–H groups in total. The number of ether oxygens (including phenoxy) is 1. The van der Waals surface area contributed by atoms with Crippen LogP contribution in [0.5, 0.6) is 5.75 Å². The highest BCUT2D eigenvalue weighted by atomic mass is 79.9. The van der Waals surface area contributed by atoms with Gasteiger partial charge in [-0.3, -0.25) is 0 Å². The second-order valence-electron chi connectivity index (χ2n) is 6.43. The molecule has 138 valence electrons. The Labute approximate surface area is 174 Å². The summed E-state index contributed by atoms with van der Waals surface area (Å²) in [6.07, 6.45) is 0.882. The van der Waals surface area contributed by atoms with Crippen molar-refractivity contribution in [1.82, 2.24) is 0 Å². The largest absolute Gasteiger partial charge is 0.491 e.